The number of hydrogen-bond acceptors (Lipinski definition) is 4. The van der Waals surface area contributed by atoms with Gasteiger partial charge in [0.2, 0.25) is 0 Å². The van der Waals surface area contributed by atoms with Crippen LogP contribution in [0.3, 0.4) is 0 Å². The molecule has 0 radical (unpaired) electrons. The summed E-state index contributed by atoms with van der Waals surface area (Å²) in [5.41, 5.74) is 6.67. The van der Waals surface area contributed by atoms with Crippen LogP contribution in [0.1, 0.15) is 56.4 Å². The second kappa shape index (κ2) is 7.18. The molecule has 1 saturated heterocycles. The van der Waals surface area contributed by atoms with Gasteiger partial charge in [0.1, 0.15) is 0 Å². The van der Waals surface area contributed by atoms with Gasteiger partial charge in [-0.15, -0.1) is 11.3 Å². The van der Waals surface area contributed by atoms with Crippen molar-refractivity contribution >= 4 is 22.9 Å². The van der Waals surface area contributed by atoms with Crippen LogP contribution in [-0.2, 0) is 0 Å². The van der Waals surface area contributed by atoms with Crippen molar-refractivity contribution in [3.8, 4) is 0 Å². The topological polar surface area (TPSA) is 49.5 Å². The Morgan fingerprint density at radius 2 is 2.00 bits per heavy atom. The Labute approximate surface area is 142 Å². The van der Waals surface area contributed by atoms with E-state index in [0.29, 0.717) is 6.04 Å². The maximum absolute atomic E-state index is 11.3. The molecule has 2 aliphatic rings. The fraction of sp³-hybridized carbons (Fsp3) is 0.765. The number of halogens is 1. The number of hydrogen-bond donors (Lipinski definition) is 2. The first-order valence-corrected chi connectivity index (χ1v) is 9.77. The van der Waals surface area contributed by atoms with Gasteiger partial charge in [-0.2, -0.15) is 0 Å². The third kappa shape index (κ3) is 3.85. The van der Waals surface area contributed by atoms with E-state index in [1.54, 1.807) is 11.3 Å². The Balaban J connectivity index is 1.77. The molecule has 1 saturated carbocycles. The molecule has 2 fully saturated rings. The molecular formula is C17H27ClN2OS. The quantitative estimate of drug-likeness (QED) is 0.878. The molecular weight excluding hydrogens is 316 g/mol. The van der Waals surface area contributed by atoms with Crippen LogP contribution in [0.15, 0.2) is 11.4 Å². The van der Waals surface area contributed by atoms with Crippen molar-refractivity contribution in [1.82, 2.24) is 4.90 Å². The molecule has 2 heterocycles. The second-order valence-corrected chi connectivity index (χ2v) is 8.58. The number of nitrogens with zero attached hydrogens (tertiary/aromatic N) is 1. The summed E-state index contributed by atoms with van der Waals surface area (Å²) in [6.07, 6.45) is 7.48. The summed E-state index contributed by atoms with van der Waals surface area (Å²) in [4.78, 5) is 2.48. The van der Waals surface area contributed by atoms with Crippen LogP contribution in [0.5, 0.6) is 0 Å². The molecule has 22 heavy (non-hydrogen) atoms. The standard InChI is InChI=1S/C17H27ClN2OS/c18-16-10-13(12-22-16)15(17(21)6-2-1-3-7-17)11-20-8-4-14(19)5-9-20/h10,12,14-15,21H,1-9,11,19H2. The Bertz CT molecular complexity index is 479. The Morgan fingerprint density at radius 1 is 1.32 bits per heavy atom. The highest BCUT2D eigenvalue weighted by atomic mass is 35.5. The van der Waals surface area contributed by atoms with Crippen molar-refractivity contribution in [2.45, 2.75) is 62.5 Å². The molecule has 0 amide bonds. The van der Waals surface area contributed by atoms with Gasteiger partial charge in [0.25, 0.3) is 0 Å². The minimum atomic E-state index is -0.567. The molecule has 1 unspecified atom stereocenters. The lowest BCUT2D eigenvalue weighted by Gasteiger charge is -2.42. The van der Waals surface area contributed by atoms with Gasteiger partial charge < -0.3 is 15.7 Å². The van der Waals surface area contributed by atoms with Crippen LogP contribution in [0.4, 0.5) is 0 Å². The largest absolute Gasteiger partial charge is 0.389 e. The van der Waals surface area contributed by atoms with Crippen molar-refractivity contribution in [1.29, 1.82) is 0 Å². The lowest BCUT2D eigenvalue weighted by atomic mass is 9.73. The Morgan fingerprint density at radius 3 is 2.59 bits per heavy atom. The molecule has 5 heteroatoms. The molecule has 1 aromatic rings. The highest BCUT2D eigenvalue weighted by Gasteiger charge is 2.40. The maximum atomic E-state index is 11.3. The van der Waals surface area contributed by atoms with Gasteiger partial charge in [0, 0.05) is 18.5 Å². The summed E-state index contributed by atoms with van der Waals surface area (Å²) in [5.74, 6) is 0.172. The molecule has 0 spiro atoms. The van der Waals surface area contributed by atoms with Crippen molar-refractivity contribution < 1.29 is 5.11 Å². The van der Waals surface area contributed by atoms with Crippen LogP contribution in [0.25, 0.3) is 0 Å². The smallest absolute Gasteiger partial charge is 0.0931 e. The second-order valence-electron chi connectivity index (χ2n) is 7.04. The van der Waals surface area contributed by atoms with Gasteiger partial charge >= 0.3 is 0 Å². The molecule has 3 N–H and O–H groups in total. The minimum absolute atomic E-state index is 0.172. The fourth-order valence-electron chi connectivity index (χ4n) is 4.00. The molecule has 3 rings (SSSR count). The molecule has 1 aliphatic carbocycles. The molecule has 1 aliphatic heterocycles. The summed E-state index contributed by atoms with van der Waals surface area (Å²) in [6.45, 7) is 3.02. The predicted molar refractivity (Wildman–Crippen MR) is 93.8 cm³/mol. The molecule has 1 aromatic heterocycles. The third-order valence-corrected chi connectivity index (χ3v) is 6.54. The van der Waals surface area contributed by atoms with Crippen molar-refractivity contribution in [2.75, 3.05) is 19.6 Å². The summed E-state index contributed by atoms with van der Waals surface area (Å²) in [7, 11) is 0. The summed E-state index contributed by atoms with van der Waals surface area (Å²) in [6, 6.07) is 2.40. The van der Waals surface area contributed by atoms with Crippen LogP contribution in [0, 0.1) is 0 Å². The Hall–Kier alpha value is -0.130. The van der Waals surface area contributed by atoms with Gasteiger partial charge in [0.05, 0.1) is 9.94 Å². The number of rotatable bonds is 4. The van der Waals surface area contributed by atoms with E-state index in [1.165, 1.54) is 12.0 Å². The van der Waals surface area contributed by atoms with Crippen molar-refractivity contribution in [3.05, 3.63) is 21.3 Å². The van der Waals surface area contributed by atoms with Gasteiger partial charge in [0.15, 0.2) is 0 Å². The lowest BCUT2D eigenvalue weighted by Crippen LogP contribution is -2.47. The molecule has 124 valence electrons. The first kappa shape index (κ1) is 16.7. The molecule has 1 atom stereocenters. The lowest BCUT2D eigenvalue weighted by molar-refractivity contribution is -0.0323. The maximum Gasteiger partial charge on any atom is 0.0931 e. The normalized spacial score (nSPS) is 25.2. The van der Waals surface area contributed by atoms with Crippen LogP contribution in [-0.4, -0.2) is 41.3 Å². The third-order valence-electron chi connectivity index (χ3n) is 5.43. The molecule has 0 bridgehead atoms. The van der Waals surface area contributed by atoms with Gasteiger partial charge in [-0.05, 0) is 55.8 Å². The minimum Gasteiger partial charge on any atom is -0.389 e. The number of piperidine rings is 1. The van der Waals surface area contributed by atoms with E-state index in [1.807, 2.05) is 0 Å². The summed E-state index contributed by atoms with van der Waals surface area (Å²) in [5, 5.41) is 13.4. The number of nitrogens with two attached hydrogens (primary N) is 1. The van der Waals surface area contributed by atoms with Gasteiger partial charge in [-0.3, -0.25) is 0 Å². The first-order valence-electron chi connectivity index (χ1n) is 8.51. The number of thiophene rings is 1. The van der Waals surface area contributed by atoms with E-state index in [-0.39, 0.29) is 5.92 Å². The highest BCUT2D eigenvalue weighted by Crippen LogP contribution is 2.42. The Kier molecular flexibility index (Phi) is 5.46. The zero-order chi connectivity index (χ0) is 15.6. The SMILES string of the molecule is NC1CCN(CC(c2csc(Cl)c2)C2(O)CCCCC2)CC1. The molecule has 0 aromatic carbocycles. The van der Waals surface area contributed by atoms with E-state index in [2.05, 4.69) is 16.3 Å². The van der Waals surface area contributed by atoms with E-state index in [4.69, 9.17) is 17.3 Å². The average Bonchev–Trinajstić information content (AvgIpc) is 2.93. The summed E-state index contributed by atoms with van der Waals surface area (Å²) < 4.78 is 0.820. The van der Waals surface area contributed by atoms with Crippen LogP contribution in [0.2, 0.25) is 4.34 Å². The first-order chi connectivity index (χ1) is 10.6. The summed E-state index contributed by atoms with van der Waals surface area (Å²) >= 11 is 7.73. The zero-order valence-corrected chi connectivity index (χ0v) is 14.7. The van der Waals surface area contributed by atoms with Gasteiger partial charge in [-0.25, -0.2) is 0 Å². The monoisotopic (exact) mass is 342 g/mol. The highest BCUT2D eigenvalue weighted by molar-refractivity contribution is 7.14. The zero-order valence-electron chi connectivity index (χ0n) is 13.1. The number of likely N-dealkylation sites (tertiary alicyclic amines) is 1. The number of aliphatic hydroxyl groups is 1. The fourth-order valence-corrected chi connectivity index (χ4v) is 4.94. The van der Waals surface area contributed by atoms with E-state index in [0.717, 1.165) is 62.5 Å². The van der Waals surface area contributed by atoms with Crippen molar-refractivity contribution in [2.24, 2.45) is 5.73 Å². The van der Waals surface area contributed by atoms with E-state index >= 15 is 0 Å². The average molecular weight is 343 g/mol. The predicted octanol–water partition coefficient (Wildman–Crippen LogP) is 3.60. The molecule has 3 nitrogen and oxygen atoms in total. The van der Waals surface area contributed by atoms with Gasteiger partial charge in [-0.1, -0.05) is 30.9 Å². The van der Waals surface area contributed by atoms with E-state index in [9.17, 15) is 5.11 Å². The van der Waals surface area contributed by atoms with Crippen LogP contribution < -0.4 is 5.73 Å². The van der Waals surface area contributed by atoms with Crippen LogP contribution >= 0.6 is 22.9 Å². The van der Waals surface area contributed by atoms with E-state index < -0.39 is 5.60 Å². The van der Waals surface area contributed by atoms with Crippen molar-refractivity contribution in [3.63, 3.8) is 0 Å².